The Morgan fingerprint density at radius 3 is 3.21 bits per heavy atom. The number of nitrogens with zero attached hydrogens (tertiary/aromatic N) is 2. The lowest BCUT2D eigenvalue weighted by Gasteiger charge is -2.30. The molecule has 1 aromatic heterocycles. The Morgan fingerprint density at radius 1 is 1.71 bits per heavy atom. The number of likely N-dealkylation sites (N-methyl/N-ethyl adjacent to an activating group) is 1. The van der Waals surface area contributed by atoms with Gasteiger partial charge >= 0.3 is 0 Å². The van der Waals surface area contributed by atoms with Gasteiger partial charge in [0.25, 0.3) is 0 Å². The maximum absolute atomic E-state index is 5.53. The minimum atomic E-state index is 0.480. The summed E-state index contributed by atoms with van der Waals surface area (Å²) >= 11 is 0. The van der Waals surface area contributed by atoms with Crippen LogP contribution in [0.3, 0.4) is 0 Å². The van der Waals surface area contributed by atoms with Gasteiger partial charge < -0.3 is 15.2 Å². The lowest BCUT2D eigenvalue weighted by atomic mass is 9.95. The van der Waals surface area contributed by atoms with Crippen LogP contribution in [-0.2, 0) is 0 Å². The maximum atomic E-state index is 5.53. The second-order valence-corrected chi connectivity index (χ2v) is 3.89. The Hall–Kier alpha value is -1.03. The van der Waals surface area contributed by atoms with Crippen LogP contribution in [0.25, 0.3) is 0 Å². The molecule has 0 aliphatic carbocycles. The van der Waals surface area contributed by atoms with Gasteiger partial charge in [0.15, 0.2) is 5.82 Å². The van der Waals surface area contributed by atoms with Crippen molar-refractivity contribution in [3.63, 3.8) is 0 Å². The van der Waals surface area contributed by atoms with Crippen molar-refractivity contribution in [3.8, 4) is 0 Å². The van der Waals surface area contributed by atoms with E-state index in [1.54, 1.807) is 0 Å². The summed E-state index contributed by atoms with van der Waals surface area (Å²) in [6.07, 6.45) is 2.42. The van der Waals surface area contributed by atoms with E-state index in [0.29, 0.717) is 11.7 Å². The molecule has 4 heteroatoms. The standard InChI is InChI=1S/C10H17N3O/c1-2-13-5-3-4-8(7-13)9-6-10(11)12-14-9/h6,8H,2-5,7H2,1H3,(H2,11,12). The molecule has 0 radical (unpaired) electrons. The van der Waals surface area contributed by atoms with Crippen molar-refractivity contribution in [2.75, 3.05) is 25.4 Å². The number of rotatable bonds is 2. The molecule has 1 aliphatic rings. The summed E-state index contributed by atoms with van der Waals surface area (Å²) in [4.78, 5) is 2.44. The van der Waals surface area contributed by atoms with E-state index in [9.17, 15) is 0 Å². The van der Waals surface area contributed by atoms with Gasteiger partial charge in [-0.15, -0.1) is 0 Å². The fourth-order valence-electron chi connectivity index (χ4n) is 2.07. The predicted molar refractivity (Wildman–Crippen MR) is 55.0 cm³/mol. The molecule has 1 aromatic rings. The third-order valence-electron chi connectivity index (χ3n) is 2.90. The summed E-state index contributed by atoms with van der Waals surface area (Å²) in [5.74, 6) is 1.92. The van der Waals surface area contributed by atoms with Crippen molar-refractivity contribution in [1.29, 1.82) is 0 Å². The summed E-state index contributed by atoms with van der Waals surface area (Å²) in [7, 11) is 0. The molecule has 1 aliphatic heterocycles. The molecule has 0 amide bonds. The van der Waals surface area contributed by atoms with E-state index in [1.807, 2.05) is 6.07 Å². The molecule has 78 valence electrons. The number of hydrogen-bond donors (Lipinski definition) is 1. The van der Waals surface area contributed by atoms with E-state index in [1.165, 1.54) is 19.4 Å². The highest BCUT2D eigenvalue weighted by atomic mass is 16.5. The van der Waals surface area contributed by atoms with Crippen molar-refractivity contribution in [1.82, 2.24) is 10.1 Å². The highest BCUT2D eigenvalue weighted by molar-refractivity contribution is 5.28. The van der Waals surface area contributed by atoms with Gasteiger partial charge in [0.2, 0.25) is 0 Å². The van der Waals surface area contributed by atoms with E-state index in [-0.39, 0.29) is 0 Å². The lowest BCUT2D eigenvalue weighted by molar-refractivity contribution is 0.198. The fraction of sp³-hybridized carbons (Fsp3) is 0.700. The zero-order valence-corrected chi connectivity index (χ0v) is 8.57. The minimum Gasteiger partial charge on any atom is -0.381 e. The molecule has 14 heavy (non-hydrogen) atoms. The highest BCUT2D eigenvalue weighted by Crippen LogP contribution is 2.27. The normalized spacial score (nSPS) is 23.9. The molecule has 1 saturated heterocycles. The number of likely N-dealkylation sites (tertiary alicyclic amines) is 1. The smallest absolute Gasteiger partial charge is 0.167 e. The Bertz CT molecular complexity index is 297. The van der Waals surface area contributed by atoms with Crippen LogP contribution in [0.4, 0.5) is 5.82 Å². The first kappa shape index (κ1) is 9.52. The highest BCUT2D eigenvalue weighted by Gasteiger charge is 2.23. The first-order chi connectivity index (χ1) is 6.79. The van der Waals surface area contributed by atoms with E-state index >= 15 is 0 Å². The van der Waals surface area contributed by atoms with Crippen LogP contribution in [-0.4, -0.2) is 29.7 Å². The fourth-order valence-corrected chi connectivity index (χ4v) is 2.07. The van der Waals surface area contributed by atoms with Crippen LogP contribution in [0.15, 0.2) is 10.6 Å². The van der Waals surface area contributed by atoms with Gasteiger partial charge in [0.1, 0.15) is 5.76 Å². The van der Waals surface area contributed by atoms with E-state index in [0.717, 1.165) is 18.8 Å². The molecule has 1 fully saturated rings. The number of piperidine rings is 1. The SMILES string of the molecule is CCN1CCCC(c2cc(N)no2)C1. The molecular formula is C10H17N3O. The monoisotopic (exact) mass is 195 g/mol. The molecule has 0 spiro atoms. The van der Waals surface area contributed by atoms with Crippen LogP contribution in [0.2, 0.25) is 0 Å². The van der Waals surface area contributed by atoms with Crippen molar-refractivity contribution < 1.29 is 4.52 Å². The van der Waals surface area contributed by atoms with Gasteiger partial charge in [0, 0.05) is 18.5 Å². The van der Waals surface area contributed by atoms with Gasteiger partial charge in [0.05, 0.1) is 0 Å². The van der Waals surface area contributed by atoms with Crippen LogP contribution < -0.4 is 5.73 Å². The maximum Gasteiger partial charge on any atom is 0.167 e. The lowest BCUT2D eigenvalue weighted by Crippen LogP contribution is -2.33. The van der Waals surface area contributed by atoms with E-state index in [2.05, 4.69) is 17.0 Å². The average Bonchev–Trinajstić information content (AvgIpc) is 2.65. The number of aromatic nitrogens is 1. The molecular weight excluding hydrogens is 178 g/mol. The quantitative estimate of drug-likeness (QED) is 0.776. The summed E-state index contributed by atoms with van der Waals surface area (Å²) in [5.41, 5.74) is 5.53. The Morgan fingerprint density at radius 2 is 2.57 bits per heavy atom. The number of anilines is 1. The van der Waals surface area contributed by atoms with Crippen molar-refractivity contribution in [2.24, 2.45) is 0 Å². The number of hydrogen-bond acceptors (Lipinski definition) is 4. The topological polar surface area (TPSA) is 55.3 Å². The summed E-state index contributed by atoms with van der Waals surface area (Å²) in [6, 6.07) is 1.85. The number of nitrogens with two attached hydrogens (primary N) is 1. The summed E-state index contributed by atoms with van der Waals surface area (Å²) in [5, 5.41) is 3.73. The van der Waals surface area contributed by atoms with Gasteiger partial charge in [-0.1, -0.05) is 12.1 Å². The van der Waals surface area contributed by atoms with Crippen molar-refractivity contribution in [2.45, 2.75) is 25.7 Å². The van der Waals surface area contributed by atoms with E-state index < -0.39 is 0 Å². The van der Waals surface area contributed by atoms with Crippen LogP contribution >= 0.6 is 0 Å². The van der Waals surface area contributed by atoms with Crippen LogP contribution in [0.1, 0.15) is 31.4 Å². The first-order valence-electron chi connectivity index (χ1n) is 5.24. The summed E-state index contributed by atoms with van der Waals surface area (Å²) in [6.45, 7) is 5.58. The Balaban J connectivity index is 2.04. The molecule has 1 atom stereocenters. The van der Waals surface area contributed by atoms with E-state index in [4.69, 9.17) is 10.3 Å². The zero-order chi connectivity index (χ0) is 9.97. The first-order valence-corrected chi connectivity index (χ1v) is 5.24. The third-order valence-corrected chi connectivity index (χ3v) is 2.90. The second-order valence-electron chi connectivity index (χ2n) is 3.89. The molecule has 2 rings (SSSR count). The largest absolute Gasteiger partial charge is 0.381 e. The molecule has 1 unspecified atom stereocenters. The van der Waals surface area contributed by atoms with Crippen LogP contribution in [0.5, 0.6) is 0 Å². The van der Waals surface area contributed by atoms with Crippen LogP contribution in [0, 0.1) is 0 Å². The molecule has 0 saturated carbocycles. The molecule has 4 nitrogen and oxygen atoms in total. The minimum absolute atomic E-state index is 0.480. The molecule has 0 bridgehead atoms. The molecule has 2 heterocycles. The Kier molecular flexibility index (Phi) is 2.72. The van der Waals surface area contributed by atoms with Gasteiger partial charge in [-0.05, 0) is 25.9 Å². The van der Waals surface area contributed by atoms with Crippen molar-refractivity contribution in [3.05, 3.63) is 11.8 Å². The van der Waals surface area contributed by atoms with Gasteiger partial charge in [-0.25, -0.2) is 0 Å². The van der Waals surface area contributed by atoms with Crippen molar-refractivity contribution >= 4 is 5.82 Å². The third kappa shape index (κ3) is 1.90. The van der Waals surface area contributed by atoms with Gasteiger partial charge in [-0.3, -0.25) is 0 Å². The molecule has 0 aromatic carbocycles. The second kappa shape index (κ2) is 4.00. The van der Waals surface area contributed by atoms with Gasteiger partial charge in [-0.2, -0.15) is 0 Å². The average molecular weight is 195 g/mol. The summed E-state index contributed by atoms with van der Waals surface area (Å²) < 4.78 is 5.19. The molecule has 2 N–H and O–H groups in total. The zero-order valence-electron chi connectivity index (χ0n) is 8.57. The number of nitrogen functional groups attached to an aromatic ring is 1. The Labute approximate surface area is 84.0 Å². The predicted octanol–water partition coefficient (Wildman–Crippen LogP) is 1.46.